The molecule has 0 saturated heterocycles. The smallest absolute Gasteiger partial charge is 0.326 e. The normalized spacial score (nSPS) is 12.2. The zero-order valence-corrected chi connectivity index (χ0v) is 7.75. The van der Waals surface area contributed by atoms with Crippen LogP contribution in [0.15, 0.2) is 0 Å². The third-order valence-electron chi connectivity index (χ3n) is 1.62. The standard InChI is InChI=1S/C8H16N2O3/c1-6(11)10-7(8(12)13)4-2-3-5-9/h7H,2-5,9H2,1H3,(H,10,11)(H,12,13)/t7-/m0/s1/i1+1,6+1. The summed E-state index contributed by atoms with van der Waals surface area (Å²) in [5.41, 5.74) is 5.26. The van der Waals surface area contributed by atoms with Crippen molar-refractivity contribution in [3.05, 3.63) is 0 Å². The average Bonchev–Trinajstić information content (AvgIpc) is 2.02. The minimum atomic E-state index is -0.993. The van der Waals surface area contributed by atoms with Gasteiger partial charge in [0.2, 0.25) is 5.91 Å². The van der Waals surface area contributed by atoms with E-state index in [-0.39, 0.29) is 5.91 Å². The highest BCUT2D eigenvalue weighted by atomic mass is 16.4. The molecular weight excluding hydrogens is 174 g/mol. The van der Waals surface area contributed by atoms with Gasteiger partial charge in [-0.25, -0.2) is 4.79 Å². The maximum Gasteiger partial charge on any atom is 0.326 e. The molecule has 0 aromatic heterocycles. The Bertz CT molecular complexity index is 182. The van der Waals surface area contributed by atoms with Crippen molar-refractivity contribution >= 4 is 11.9 Å². The number of nitrogens with one attached hydrogen (secondary N) is 1. The van der Waals surface area contributed by atoms with Crippen molar-refractivity contribution in [1.29, 1.82) is 0 Å². The number of rotatable bonds is 6. The van der Waals surface area contributed by atoms with Crippen molar-refractivity contribution in [1.82, 2.24) is 5.32 Å². The summed E-state index contributed by atoms with van der Waals surface area (Å²) in [7, 11) is 0. The van der Waals surface area contributed by atoms with Crippen LogP contribution in [-0.4, -0.2) is 29.6 Å². The van der Waals surface area contributed by atoms with Crippen molar-refractivity contribution in [3.8, 4) is 0 Å². The summed E-state index contributed by atoms with van der Waals surface area (Å²) in [6, 6.07) is -0.774. The van der Waals surface area contributed by atoms with Crippen LogP contribution in [0.25, 0.3) is 0 Å². The number of carboxylic acids is 1. The molecule has 76 valence electrons. The van der Waals surface area contributed by atoms with E-state index in [1.807, 2.05) is 0 Å². The van der Waals surface area contributed by atoms with Crippen molar-refractivity contribution in [2.75, 3.05) is 6.54 Å². The molecule has 0 aromatic rings. The highest BCUT2D eigenvalue weighted by Crippen LogP contribution is 2.00. The van der Waals surface area contributed by atoms with Crippen LogP contribution in [-0.2, 0) is 9.59 Å². The molecule has 0 spiro atoms. The van der Waals surface area contributed by atoms with Crippen molar-refractivity contribution in [2.24, 2.45) is 5.73 Å². The number of carbonyl (C=O) groups is 2. The minimum Gasteiger partial charge on any atom is -0.480 e. The van der Waals surface area contributed by atoms with E-state index in [0.717, 1.165) is 6.42 Å². The van der Waals surface area contributed by atoms with Gasteiger partial charge in [0.15, 0.2) is 0 Å². The maximum absolute atomic E-state index is 10.6. The lowest BCUT2D eigenvalue weighted by Crippen LogP contribution is -2.39. The molecule has 0 bridgehead atoms. The number of unbranched alkanes of at least 4 members (excludes halogenated alkanes) is 1. The van der Waals surface area contributed by atoms with E-state index in [1.165, 1.54) is 6.92 Å². The molecule has 0 radical (unpaired) electrons. The highest BCUT2D eigenvalue weighted by Gasteiger charge is 2.16. The van der Waals surface area contributed by atoms with Crippen molar-refractivity contribution < 1.29 is 14.7 Å². The summed E-state index contributed by atoms with van der Waals surface area (Å²) in [6.07, 6.45) is 1.93. The number of hydrogen-bond donors (Lipinski definition) is 3. The van der Waals surface area contributed by atoms with Gasteiger partial charge >= 0.3 is 5.97 Å². The molecule has 5 heteroatoms. The fraction of sp³-hybridized carbons (Fsp3) is 0.750. The number of carboxylic acid groups (broad SMARTS) is 1. The number of amides is 1. The van der Waals surface area contributed by atoms with Crippen LogP contribution in [0.1, 0.15) is 26.2 Å². The Morgan fingerprint density at radius 2 is 2.08 bits per heavy atom. The van der Waals surface area contributed by atoms with Gasteiger partial charge in [-0.15, -0.1) is 0 Å². The van der Waals surface area contributed by atoms with E-state index in [2.05, 4.69) is 5.32 Å². The molecule has 0 aromatic carbocycles. The van der Waals surface area contributed by atoms with Crippen LogP contribution < -0.4 is 11.1 Å². The molecule has 0 aliphatic carbocycles. The molecule has 0 heterocycles. The second kappa shape index (κ2) is 6.42. The second-order valence-electron chi connectivity index (χ2n) is 2.88. The molecule has 0 aliphatic rings. The number of hydrogen-bond acceptors (Lipinski definition) is 3. The van der Waals surface area contributed by atoms with Gasteiger partial charge in [0.1, 0.15) is 6.04 Å². The van der Waals surface area contributed by atoms with E-state index < -0.39 is 12.0 Å². The van der Waals surface area contributed by atoms with Crippen molar-refractivity contribution in [2.45, 2.75) is 32.2 Å². The molecule has 1 atom stereocenters. The van der Waals surface area contributed by atoms with Gasteiger partial charge in [-0.3, -0.25) is 4.79 Å². The molecule has 0 rings (SSSR count). The van der Waals surface area contributed by atoms with Crippen LogP contribution in [0.4, 0.5) is 0 Å². The molecular formula is C8H16N2O3. The molecule has 0 unspecified atom stereocenters. The Kier molecular flexibility index (Phi) is 5.88. The van der Waals surface area contributed by atoms with Gasteiger partial charge in [0, 0.05) is 6.92 Å². The molecule has 0 saturated carbocycles. The third-order valence-corrected chi connectivity index (χ3v) is 1.62. The second-order valence-corrected chi connectivity index (χ2v) is 2.88. The quantitative estimate of drug-likeness (QED) is 0.396. The summed E-state index contributed by atoms with van der Waals surface area (Å²) in [4.78, 5) is 21.2. The lowest BCUT2D eigenvalue weighted by atomic mass is 10.1. The van der Waals surface area contributed by atoms with Crippen LogP contribution in [0, 0.1) is 0 Å². The van der Waals surface area contributed by atoms with Gasteiger partial charge in [-0.1, -0.05) is 0 Å². The first kappa shape index (κ1) is 11.9. The van der Waals surface area contributed by atoms with E-state index >= 15 is 0 Å². The van der Waals surface area contributed by atoms with E-state index in [4.69, 9.17) is 10.8 Å². The topological polar surface area (TPSA) is 92.4 Å². The predicted molar refractivity (Wildman–Crippen MR) is 48.1 cm³/mol. The lowest BCUT2D eigenvalue weighted by molar-refractivity contribution is -0.141. The summed E-state index contributed by atoms with van der Waals surface area (Å²) in [5, 5.41) is 11.0. The summed E-state index contributed by atoms with van der Waals surface area (Å²) in [6.45, 7) is 1.85. The first-order valence-corrected chi connectivity index (χ1v) is 4.28. The fourth-order valence-electron chi connectivity index (χ4n) is 0.996. The third kappa shape index (κ3) is 6.10. The molecule has 1 amide bonds. The molecule has 0 aliphatic heterocycles. The van der Waals surface area contributed by atoms with Gasteiger partial charge < -0.3 is 16.2 Å². The monoisotopic (exact) mass is 190 g/mol. The van der Waals surface area contributed by atoms with E-state index in [0.29, 0.717) is 19.4 Å². The summed E-state index contributed by atoms with van der Waals surface area (Å²) in [5.74, 6) is -1.31. The first-order valence-electron chi connectivity index (χ1n) is 4.28. The number of carbonyl (C=O) groups excluding carboxylic acids is 1. The molecule has 0 fully saturated rings. The molecule has 5 nitrogen and oxygen atoms in total. The van der Waals surface area contributed by atoms with E-state index in [1.54, 1.807) is 0 Å². The number of nitrogens with two attached hydrogens (primary N) is 1. The van der Waals surface area contributed by atoms with Crippen molar-refractivity contribution in [3.63, 3.8) is 0 Å². The molecule has 4 N–H and O–H groups in total. The average molecular weight is 190 g/mol. The minimum absolute atomic E-state index is 0.319. The lowest BCUT2D eigenvalue weighted by Gasteiger charge is -2.12. The Labute approximate surface area is 77.3 Å². The SMILES string of the molecule is [13CH3][13C](=O)N[C@@H](CCCCN)C(=O)O. The Balaban J connectivity index is 3.81. The first-order chi connectivity index (χ1) is 6.07. The fourth-order valence-corrected chi connectivity index (χ4v) is 0.996. The van der Waals surface area contributed by atoms with Gasteiger partial charge in [0.25, 0.3) is 0 Å². The maximum atomic E-state index is 10.6. The van der Waals surface area contributed by atoms with Crippen LogP contribution in [0.5, 0.6) is 0 Å². The Morgan fingerprint density at radius 3 is 2.46 bits per heavy atom. The number of aliphatic carboxylic acids is 1. The van der Waals surface area contributed by atoms with Crippen LogP contribution in [0.3, 0.4) is 0 Å². The predicted octanol–water partition coefficient (Wildman–Crippen LogP) is -0.295. The zero-order chi connectivity index (χ0) is 10.3. The Hall–Kier alpha value is -1.10. The van der Waals surface area contributed by atoms with Crippen LogP contribution in [0.2, 0.25) is 0 Å². The highest BCUT2D eigenvalue weighted by molar-refractivity contribution is 5.81. The summed E-state index contributed by atoms with van der Waals surface area (Å²) >= 11 is 0. The Morgan fingerprint density at radius 1 is 1.46 bits per heavy atom. The van der Waals surface area contributed by atoms with E-state index in [9.17, 15) is 9.59 Å². The van der Waals surface area contributed by atoms with Gasteiger partial charge in [0.05, 0.1) is 0 Å². The molecule has 13 heavy (non-hydrogen) atoms. The zero-order valence-electron chi connectivity index (χ0n) is 7.75. The summed E-state index contributed by atoms with van der Waals surface area (Å²) < 4.78 is 0. The largest absolute Gasteiger partial charge is 0.480 e. The van der Waals surface area contributed by atoms with Gasteiger partial charge in [-0.2, -0.15) is 0 Å². The van der Waals surface area contributed by atoms with Gasteiger partial charge in [-0.05, 0) is 25.8 Å². The van der Waals surface area contributed by atoms with Crippen LogP contribution >= 0.6 is 0 Å².